The van der Waals surface area contributed by atoms with Crippen LogP contribution in [0.1, 0.15) is 57.4 Å². The van der Waals surface area contributed by atoms with E-state index in [0.717, 1.165) is 0 Å². The molecule has 0 saturated heterocycles. The molecule has 0 radical (unpaired) electrons. The highest BCUT2D eigenvalue weighted by Gasteiger charge is 2.38. The van der Waals surface area contributed by atoms with E-state index in [2.05, 4.69) is 31.9 Å². The third kappa shape index (κ3) is 2.30. The van der Waals surface area contributed by atoms with Crippen molar-refractivity contribution in [3.8, 4) is 0 Å². The maximum Gasteiger partial charge on any atom is 0.193 e. The molecule has 2 atom stereocenters. The molecule has 7 heteroatoms. The molecule has 0 fully saturated rings. The van der Waals surface area contributed by atoms with Gasteiger partial charge >= 0.3 is 0 Å². The van der Waals surface area contributed by atoms with Crippen molar-refractivity contribution >= 4 is 60.8 Å². The molecule has 0 spiro atoms. The van der Waals surface area contributed by atoms with Crippen molar-refractivity contribution in [2.45, 2.75) is 9.65 Å². The van der Waals surface area contributed by atoms with Gasteiger partial charge in [0.2, 0.25) is 0 Å². The molecule has 0 heterocycles. The summed E-state index contributed by atoms with van der Waals surface area (Å²) < 4.78 is 0. The van der Waals surface area contributed by atoms with Crippen LogP contribution in [0.25, 0.3) is 0 Å². The topological polar surface area (TPSA) is 85.3 Å². The predicted octanol–water partition coefficient (Wildman–Crippen LogP) is 3.20. The Labute approximate surface area is 164 Å². The molecule has 2 aromatic carbocycles. The molecule has 128 valence electrons. The average Bonchev–Trinajstić information content (AvgIpc) is 3.01. The first-order valence-electron chi connectivity index (χ1n) is 7.59. The van der Waals surface area contributed by atoms with Gasteiger partial charge in [-0.15, -0.1) is 0 Å². The van der Waals surface area contributed by atoms with Gasteiger partial charge in [-0.05, 0) is 24.3 Å². The van der Waals surface area contributed by atoms with Gasteiger partial charge in [-0.25, -0.2) is 0 Å². The van der Waals surface area contributed by atoms with E-state index >= 15 is 0 Å². The lowest BCUT2D eigenvalue weighted by Crippen LogP contribution is -2.13. The third-order valence-electron chi connectivity index (χ3n) is 4.55. The average molecular weight is 476 g/mol. The Kier molecular flexibility index (Phi) is 3.89. The normalized spacial score (nSPS) is 21.2. The number of hydrogen-bond acceptors (Lipinski definition) is 5. The number of rotatable bonds is 2. The van der Waals surface area contributed by atoms with Crippen molar-refractivity contribution in [2.75, 3.05) is 0 Å². The number of ketones is 5. The first kappa shape index (κ1) is 17.2. The molecule has 0 N–H and O–H groups in total. The van der Waals surface area contributed by atoms with E-state index in [9.17, 15) is 24.0 Å². The van der Waals surface area contributed by atoms with Crippen molar-refractivity contribution in [3.63, 3.8) is 0 Å². The number of fused-ring (bicyclic) bond motifs is 2. The Balaban J connectivity index is 1.75. The molecule has 4 rings (SSSR count). The molecule has 2 aromatic rings. The Hall–Kier alpha value is -2.25. The van der Waals surface area contributed by atoms with Gasteiger partial charge in [0.15, 0.2) is 28.9 Å². The molecule has 2 aliphatic rings. The van der Waals surface area contributed by atoms with E-state index in [4.69, 9.17) is 0 Å². The van der Waals surface area contributed by atoms with Gasteiger partial charge in [-0.3, -0.25) is 24.0 Å². The Bertz CT molecular complexity index is 986. The fraction of sp³-hybridized carbons (Fsp3) is 0.105. The van der Waals surface area contributed by atoms with Crippen molar-refractivity contribution in [1.82, 2.24) is 0 Å². The molecule has 0 bridgehead atoms. The standard InChI is InChI=1S/C19H8Br2O5/c20-13-16(23)9-3-1-7(5-11(9)18(13)25)15(22)8-2-4-10-12(6-8)19(26)14(21)17(10)24/h1-6,13-14H. The summed E-state index contributed by atoms with van der Waals surface area (Å²) in [5.41, 5.74) is 1.44. The quantitative estimate of drug-likeness (QED) is 0.378. The minimum absolute atomic E-state index is 0.204. The van der Waals surface area contributed by atoms with E-state index < -0.39 is 15.4 Å². The van der Waals surface area contributed by atoms with Gasteiger partial charge in [-0.1, -0.05) is 44.0 Å². The monoisotopic (exact) mass is 474 g/mol. The van der Waals surface area contributed by atoms with Crippen LogP contribution in [-0.2, 0) is 0 Å². The summed E-state index contributed by atoms with van der Waals surface area (Å²) in [5, 5.41) is 0. The maximum atomic E-state index is 12.8. The highest BCUT2D eigenvalue weighted by atomic mass is 79.9. The first-order valence-corrected chi connectivity index (χ1v) is 9.42. The number of carbonyl (C=O) groups excluding carboxylic acids is 5. The predicted molar refractivity (Wildman–Crippen MR) is 99.1 cm³/mol. The van der Waals surface area contributed by atoms with Crippen LogP contribution >= 0.6 is 31.9 Å². The summed E-state index contributed by atoms with van der Waals surface area (Å²) in [6.45, 7) is 0. The van der Waals surface area contributed by atoms with Gasteiger partial charge < -0.3 is 0 Å². The minimum Gasteiger partial charge on any atom is -0.292 e. The van der Waals surface area contributed by atoms with Gasteiger partial charge in [0.25, 0.3) is 0 Å². The Morgan fingerprint density at radius 2 is 0.962 bits per heavy atom. The zero-order valence-corrected chi connectivity index (χ0v) is 16.1. The van der Waals surface area contributed by atoms with Crippen molar-refractivity contribution in [3.05, 3.63) is 69.8 Å². The smallest absolute Gasteiger partial charge is 0.193 e. The van der Waals surface area contributed by atoms with E-state index in [-0.39, 0.29) is 56.5 Å². The number of alkyl halides is 2. The summed E-state index contributed by atoms with van der Waals surface area (Å²) in [7, 11) is 0. The number of halogens is 2. The van der Waals surface area contributed by atoms with Crippen LogP contribution < -0.4 is 0 Å². The Morgan fingerprint density at radius 1 is 0.615 bits per heavy atom. The van der Waals surface area contributed by atoms with Crippen LogP contribution in [-0.4, -0.2) is 38.6 Å². The van der Waals surface area contributed by atoms with E-state index in [1.165, 1.54) is 36.4 Å². The number of hydrogen-bond donors (Lipinski definition) is 0. The second-order valence-electron chi connectivity index (χ2n) is 6.03. The molecule has 5 nitrogen and oxygen atoms in total. The number of Topliss-reactive ketones (excluding diaryl/α,β-unsaturated/α-hetero) is 4. The molecular weight excluding hydrogens is 468 g/mol. The van der Waals surface area contributed by atoms with Crippen molar-refractivity contribution in [2.24, 2.45) is 0 Å². The van der Waals surface area contributed by atoms with Crippen LogP contribution in [0.5, 0.6) is 0 Å². The lowest BCUT2D eigenvalue weighted by atomic mass is 9.96. The SMILES string of the molecule is O=C(c1ccc2c(c1)C(=O)C(Br)C2=O)c1ccc2c(c1)C(=O)C(Br)C2=O. The Morgan fingerprint density at radius 3 is 1.35 bits per heavy atom. The van der Waals surface area contributed by atoms with Gasteiger partial charge in [0.05, 0.1) is 0 Å². The maximum absolute atomic E-state index is 12.8. The largest absolute Gasteiger partial charge is 0.292 e. The molecule has 2 unspecified atom stereocenters. The molecule has 0 amide bonds. The molecule has 26 heavy (non-hydrogen) atoms. The second kappa shape index (κ2) is 5.89. The minimum atomic E-state index is -0.914. The lowest BCUT2D eigenvalue weighted by molar-refractivity contribution is 0.0918. The van der Waals surface area contributed by atoms with Gasteiger partial charge in [0.1, 0.15) is 9.65 Å². The fourth-order valence-corrected chi connectivity index (χ4v) is 4.15. The fourth-order valence-electron chi connectivity index (χ4n) is 3.16. The van der Waals surface area contributed by atoms with Crippen LogP contribution in [0.15, 0.2) is 36.4 Å². The molecule has 0 aromatic heterocycles. The zero-order chi connectivity index (χ0) is 18.7. The van der Waals surface area contributed by atoms with Crippen LogP contribution in [0, 0.1) is 0 Å². The van der Waals surface area contributed by atoms with E-state index in [1.807, 2.05) is 0 Å². The lowest BCUT2D eigenvalue weighted by Gasteiger charge is -2.05. The zero-order valence-electron chi connectivity index (χ0n) is 12.9. The summed E-state index contributed by atoms with van der Waals surface area (Å²) in [6.07, 6.45) is 0. The van der Waals surface area contributed by atoms with E-state index in [1.54, 1.807) is 0 Å². The number of carbonyl (C=O) groups is 5. The summed E-state index contributed by atoms with van der Waals surface area (Å²) in [4.78, 5) is 59.1. The van der Waals surface area contributed by atoms with Gasteiger partial charge in [0, 0.05) is 33.4 Å². The van der Waals surface area contributed by atoms with Crippen LogP contribution in [0.3, 0.4) is 0 Å². The first-order chi connectivity index (χ1) is 12.3. The summed E-state index contributed by atoms with van der Waals surface area (Å²) >= 11 is 6.10. The van der Waals surface area contributed by atoms with Crippen molar-refractivity contribution < 1.29 is 24.0 Å². The summed E-state index contributed by atoms with van der Waals surface area (Å²) in [5.74, 6) is -1.80. The molecule has 0 aliphatic heterocycles. The van der Waals surface area contributed by atoms with E-state index in [0.29, 0.717) is 0 Å². The van der Waals surface area contributed by atoms with Crippen molar-refractivity contribution in [1.29, 1.82) is 0 Å². The van der Waals surface area contributed by atoms with Gasteiger partial charge in [-0.2, -0.15) is 0 Å². The molecular formula is C19H8Br2O5. The second-order valence-corrected chi connectivity index (χ2v) is 7.86. The third-order valence-corrected chi connectivity index (χ3v) is 6.21. The molecule has 2 aliphatic carbocycles. The highest BCUT2D eigenvalue weighted by molar-refractivity contribution is 9.10. The molecule has 0 saturated carbocycles. The highest BCUT2D eigenvalue weighted by Crippen LogP contribution is 2.30. The summed E-state index contributed by atoms with van der Waals surface area (Å²) in [6, 6.07) is 8.66. The number of benzene rings is 2. The van der Waals surface area contributed by atoms with Crippen LogP contribution in [0.2, 0.25) is 0 Å². The van der Waals surface area contributed by atoms with Crippen LogP contribution in [0.4, 0.5) is 0 Å².